The number of aryl methyl sites for hydroxylation is 1. The molecule has 1 aliphatic rings. The van der Waals surface area contributed by atoms with Gasteiger partial charge in [0.05, 0.1) is 0 Å². The van der Waals surface area contributed by atoms with Gasteiger partial charge in [0.25, 0.3) is 0 Å². The molecular weight excluding hydrogens is 330 g/mol. The lowest BCUT2D eigenvalue weighted by atomic mass is 9.95. The van der Waals surface area contributed by atoms with E-state index in [-0.39, 0.29) is 5.92 Å². The average Bonchev–Trinajstić information content (AvgIpc) is 2.48. The zero-order valence-electron chi connectivity index (χ0n) is 13.1. The Balaban J connectivity index is 1.98. The number of hydrogen-bond acceptors (Lipinski definition) is 3. The molecule has 0 radical (unpaired) electrons. The highest BCUT2D eigenvalue weighted by molar-refractivity contribution is 9.10. The molecule has 0 spiro atoms. The van der Waals surface area contributed by atoms with Crippen LogP contribution in [0.2, 0.25) is 0 Å². The zero-order valence-corrected chi connectivity index (χ0v) is 14.7. The molecule has 116 valence electrons. The summed E-state index contributed by atoms with van der Waals surface area (Å²) in [5.74, 6) is 1.55. The van der Waals surface area contributed by atoms with Crippen molar-refractivity contribution in [3.8, 4) is 0 Å². The van der Waals surface area contributed by atoms with Crippen molar-refractivity contribution in [3.63, 3.8) is 0 Å². The van der Waals surface area contributed by atoms with Crippen molar-refractivity contribution in [1.82, 2.24) is 9.88 Å². The van der Waals surface area contributed by atoms with Crippen LogP contribution in [0, 0.1) is 12.8 Å². The maximum atomic E-state index is 12.4. The van der Waals surface area contributed by atoms with Gasteiger partial charge in [-0.05, 0) is 61.2 Å². The molecule has 21 heavy (non-hydrogen) atoms. The minimum absolute atomic E-state index is 0.178. The van der Waals surface area contributed by atoms with Crippen LogP contribution in [0.25, 0.3) is 0 Å². The van der Waals surface area contributed by atoms with Gasteiger partial charge in [0, 0.05) is 42.8 Å². The molecule has 2 heterocycles. The van der Waals surface area contributed by atoms with Gasteiger partial charge >= 0.3 is 0 Å². The number of rotatable bonds is 4. The number of aromatic nitrogens is 1. The fourth-order valence-electron chi connectivity index (χ4n) is 3.00. The number of anilines is 1. The second kappa shape index (κ2) is 7.25. The van der Waals surface area contributed by atoms with Gasteiger partial charge in [0.2, 0.25) is 5.91 Å². The molecule has 5 heteroatoms. The lowest BCUT2D eigenvalue weighted by molar-refractivity contribution is -0.135. The first kappa shape index (κ1) is 16.3. The maximum absolute atomic E-state index is 12.4. The van der Waals surface area contributed by atoms with Gasteiger partial charge in [-0.2, -0.15) is 0 Å². The predicted molar refractivity (Wildman–Crippen MR) is 89.5 cm³/mol. The Morgan fingerprint density at radius 1 is 1.38 bits per heavy atom. The van der Waals surface area contributed by atoms with Crippen LogP contribution >= 0.6 is 15.9 Å². The molecule has 0 N–H and O–H groups in total. The Labute approximate surface area is 135 Å². The quantitative estimate of drug-likeness (QED) is 0.833. The third-order valence-corrected chi connectivity index (χ3v) is 4.67. The van der Waals surface area contributed by atoms with Crippen molar-refractivity contribution >= 4 is 27.7 Å². The highest BCUT2D eigenvalue weighted by atomic mass is 79.9. The van der Waals surface area contributed by atoms with Crippen LogP contribution in [0.3, 0.4) is 0 Å². The van der Waals surface area contributed by atoms with E-state index in [0.717, 1.165) is 49.3 Å². The maximum Gasteiger partial charge on any atom is 0.225 e. The van der Waals surface area contributed by atoms with E-state index in [1.807, 2.05) is 24.9 Å². The predicted octanol–water partition coefficient (Wildman–Crippen LogP) is 3.24. The van der Waals surface area contributed by atoms with Gasteiger partial charge in [0.15, 0.2) is 0 Å². The average molecular weight is 354 g/mol. The fourth-order valence-corrected chi connectivity index (χ4v) is 3.44. The molecule has 1 aromatic rings. The number of pyridine rings is 1. The van der Waals surface area contributed by atoms with Gasteiger partial charge in [-0.3, -0.25) is 4.79 Å². The number of carbonyl (C=O) groups is 1. The van der Waals surface area contributed by atoms with Crippen LogP contribution in [0.1, 0.15) is 32.3 Å². The standard InChI is InChI=1S/C16H24BrN3O/c1-4-19(5-2)16(21)13-6-8-20(9-7-13)15-12(3)10-14(17)11-18-15/h10-11,13H,4-9H2,1-3H3. The molecule has 1 fully saturated rings. The highest BCUT2D eigenvalue weighted by Gasteiger charge is 2.28. The van der Waals surface area contributed by atoms with Gasteiger partial charge in [0.1, 0.15) is 5.82 Å². The first-order chi connectivity index (χ1) is 10.1. The van der Waals surface area contributed by atoms with Gasteiger partial charge in [-0.1, -0.05) is 0 Å². The van der Waals surface area contributed by atoms with Crippen LogP contribution < -0.4 is 4.90 Å². The molecule has 0 bridgehead atoms. The van der Waals surface area contributed by atoms with Gasteiger partial charge in [-0.25, -0.2) is 4.98 Å². The lowest BCUT2D eigenvalue weighted by Gasteiger charge is -2.35. The third-order valence-electron chi connectivity index (χ3n) is 4.24. The lowest BCUT2D eigenvalue weighted by Crippen LogP contribution is -2.42. The van der Waals surface area contributed by atoms with Crippen molar-refractivity contribution in [2.24, 2.45) is 5.92 Å². The van der Waals surface area contributed by atoms with Crippen LogP contribution in [0.5, 0.6) is 0 Å². The Morgan fingerprint density at radius 3 is 2.52 bits per heavy atom. The van der Waals surface area contributed by atoms with Crippen molar-refractivity contribution in [2.45, 2.75) is 33.6 Å². The minimum Gasteiger partial charge on any atom is -0.356 e. The van der Waals surface area contributed by atoms with Crippen molar-refractivity contribution in [3.05, 3.63) is 22.3 Å². The van der Waals surface area contributed by atoms with E-state index in [0.29, 0.717) is 5.91 Å². The third kappa shape index (κ3) is 3.76. The Hall–Kier alpha value is -1.10. The van der Waals surface area contributed by atoms with E-state index < -0.39 is 0 Å². The summed E-state index contributed by atoms with van der Waals surface area (Å²) in [6, 6.07) is 2.09. The molecular formula is C16H24BrN3O. The monoisotopic (exact) mass is 353 g/mol. The summed E-state index contributed by atoms with van der Waals surface area (Å²) in [6.07, 6.45) is 3.69. The summed E-state index contributed by atoms with van der Waals surface area (Å²) >= 11 is 3.45. The molecule has 1 amide bonds. The second-order valence-corrected chi connectivity index (χ2v) is 6.48. The molecule has 0 atom stereocenters. The number of carbonyl (C=O) groups excluding carboxylic acids is 1. The fraction of sp³-hybridized carbons (Fsp3) is 0.625. The number of nitrogens with zero attached hydrogens (tertiary/aromatic N) is 3. The number of amides is 1. The van der Waals surface area contributed by atoms with Crippen molar-refractivity contribution < 1.29 is 4.79 Å². The number of piperidine rings is 1. The summed E-state index contributed by atoms with van der Waals surface area (Å²) in [5.41, 5.74) is 1.18. The summed E-state index contributed by atoms with van der Waals surface area (Å²) < 4.78 is 1.01. The van der Waals surface area contributed by atoms with E-state index in [4.69, 9.17) is 0 Å². The Bertz CT molecular complexity index is 494. The summed E-state index contributed by atoms with van der Waals surface area (Å²) in [4.78, 5) is 21.2. The minimum atomic E-state index is 0.178. The molecule has 4 nitrogen and oxygen atoms in total. The largest absolute Gasteiger partial charge is 0.356 e. The Kier molecular flexibility index (Phi) is 5.62. The van der Waals surface area contributed by atoms with Crippen LogP contribution in [0.15, 0.2) is 16.7 Å². The van der Waals surface area contributed by atoms with E-state index in [1.54, 1.807) is 0 Å². The molecule has 0 saturated carbocycles. The number of halogens is 1. The molecule has 0 unspecified atom stereocenters. The molecule has 0 aliphatic carbocycles. The first-order valence-corrected chi connectivity index (χ1v) is 8.52. The van der Waals surface area contributed by atoms with Crippen molar-refractivity contribution in [1.29, 1.82) is 0 Å². The molecule has 1 saturated heterocycles. The van der Waals surface area contributed by atoms with E-state index in [2.05, 4.69) is 38.8 Å². The normalized spacial score (nSPS) is 16.1. The van der Waals surface area contributed by atoms with Gasteiger partial charge in [-0.15, -0.1) is 0 Å². The second-order valence-electron chi connectivity index (χ2n) is 5.57. The first-order valence-electron chi connectivity index (χ1n) is 7.72. The molecule has 0 aromatic carbocycles. The van der Waals surface area contributed by atoms with Crippen LogP contribution in [0.4, 0.5) is 5.82 Å². The van der Waals surface area contributed by atoms with Gasteiger partial charge < -0.3 is 9.80 Å². The molecule has 1 aromatic heterocycles. The smallest absolute Gasteiger partial charge is 0.225 e. The zero-order chi connectivity index (χ0) is 15.4. The summed E-state index contributed by atoms with van der Waals surface area (Å²) in [6.45, 7) is 9.61. The SMILES string of the molecule is CCN(CC)C(=O)C1CCN(c2ncc(Br)cc2C)CC1. The summed E-state index contributed by atoms with van der Waals surface area (Å²) in [5, 5.41) is 0. The molecule has 2 rings (SSSR count). The van der Waals surface area contributed by atoms with Crippen molar-refractivity contribution in [2.75, 3.05) is 31.1 Å². The van der Waals surface area contributed by atoms with Crippen LogP contribution in [-0.4, -0.2) is 42.0 Å². The molecule has 1 aliphatic heterocycles. The van der Waals surface area contributed by atoms with E-state index in [1.165, 1.54) is 5.56 Å². The summed E-state index contributed by atoms with van der Waals surface area (Å²) in [7, 11) is 0. The highest BCUT2D eigenvalue weighted by Crippen LogP contribution is 2.26. The number of hydrogen-bond donors (Lipinski definition) is 0. The topological polar surface area (TPSA) is 36.4 Å². The Morgan fingerprint density at radius 2 is 2.00 bits per heavy atom. The van der Waals surface area contributed by atoms with E-state index >= 15 is 0 Å². The van der Waals surface area contributed by atoms with Crippen LogP contribution in [-0.2, 0) is 4.79 Å². The van der Waals surface area contributed by atoms with E-state index in [9.17, 15) is 4.79 Å².